The highest BCUT2D eigenvalue weighted by Gasteiger charge is 2.55. The molecule has 3 N–H and O–H groups in total. The quantitative estimate of drug-likeness (QED) is 0.599. The fourth-order valence-electron chi connectivity index (χ4n) is 3.83. The second-order valence-corrected chi connectivity index (χ2v) is 6.83. The van der Waals surface area contributed by atoms with E-state index < -0.39 is 17.5 Å². The highest BCUT2D eigenvalue weighted by molar-refractivity contribution is 6.10. The topological polar surface area (TPSA) is 105 Å². The number of halogens is 1. The molecule has 148 valence electrons. The van der Waals surface area contributed by atoms with Crippen LogP contribution in [0, 0.1) is 0 Å². The lowest BCUT2D eigenvalue weighted by molar-refractivity contribution is -0.136. The average molecular weight is 397 g/mol. The molecule has 1 saturated heterocycles. The summed E-state index contributed by atoms with van der Waals surface area (Å²) in [5.41, 5.74) is 5.92. The monoisotopic (exact) mass is 396 g/mol. The van der Waals surface area contributed by atoms with Gasteiger partial charge in [-0.25, -0.2) is 4.79 Å². The number of likely N-dealkylation sites (N-methyl/N-ethyl adjacent to an activating group) is 1. The van der Waals surface area contributed by atoms with Gasteiger partial charge in [0.25, 0.3) is 5.91 Å². The summed E-state index contributed by atoms with van der Waals surface area (Å²) in [6.45, 7) is -0.310. The molecular formula is C18H25ClN4O4. The fourth-order valence-corrected chi connectivity index (χ4v) is 3.83. The largest absolute Gasteiger partial charge is 0.495 e. The molecule has 27 heavy (non-hydrogen) atoms. The van der Waals surface area contributed by atoms with Gasteiger partial charge in [0, 0.05) is 12.7 Å². The number of urea groups is 1. The number of amides is 4. The highest BCUT2D eigenvalue weighted by Crippen LogP contribution is 2.39. The van der Waals surface area contributed by atoms with Crippen LogP contribution in [0.4, 0.5) is 16.2 Å². The maximum Gasteiger partial charge on any atom is 0.327 e. The lowest BCUT2D eigenvalue weighted by Crippen LogP contribution is -2.49. The molecule has 1 spiro atoms. The Morgan fingerprint density at radius 2 is 1.93 bits per heavy atom. The molecule has 0 radical (unpaired) electrons. The van der Waals surface area contributed by atoms with Crippen molar-refractivity contribution in [1.29, 1.82) is 0 Å². The number of nitrogens with zero attached hydrogens (tertiary/aromatic N) is 2. The van der Waals surface area contributed by atoms with Crippen LogP contribution in [0.5, 0.6) is 5.75 Å². The third kappa shape index (κ3) is 3.66. The third-order valence-electron chi connectivity index (χ3n) is 5.30. The summed E-state index contributed by atoms with van der Waals surface area (Å²) in [5.74, 6) is -0.208. The molecule has 2 fully saturated rings. The zero-order valence-corrected chi connectivity index (χ0v) is 16.3. The van der Waals surface area contributed by atoms with Crippen molar-refractivity contribution >= 4 is 41.6 Å². The van der Waals surface area contributed by atoms with Gasteiger partial charge in [-0.1, -0.05) is 19.3 Å². The summed E-state index contributed by atoms with van der Waals surface area (Å²) in [5, 5.41) is 2.67. The summed E-state index contributed by atoms with van der Waals surface area (Å²) < 4.78 is 5.08. The molecule has 9 heteroatoms. The van der Waals surface area contributed by atoms with E-state index in [0.29, 0.717) is 30.0 Å². The molecule has 4 amide bonds. The van der Waals surface area contributed by atoms with E-state index in [1.165, 1.54) is 12.0 Å². The van der Waals surface area contributed by atoms with Crippen LogP contribution < -0.4 is 15.8 Å². The molecule has 1 heterocycles. The zero-order chi connectivity index (χ0) is 18.9. The smallest absolute Gasteiger partial charge is 0.327 e. The van der Waals surface area contributed by atoms with Gasteiger partial charge in [0.1, 0.15) is 17.8 Å². The second kappa shape index (κ2) is 8.04. The number of ether oxygens (including phenoxy) is 1. The molecule has 1 aliphatic heterocycles. The molecule has 0 unspecified atom stereocenters. The molecule has 0 aromatic heterocycles. The summed E-state index contributed by atoms with van der Waals surface area (Å²) in [6, 6.07) is 4.44. The Morgan fingerprint density at radius 3 is 2.52 bits per heavy atom. The van der Waals surface area contributed by atoms with Gasteiger partial charge in [-0.05, 0) is 31.0 Å². The summed E-state index contributed by atoms with van der Waals surface area (Å²) in [6.07, 6.45) is 4.20. The number of nitrogens with one attached hydrogen (secondary N) is 1. The van der Waals surface area contributed by atoms with Crippen LogP contribution in [0.25, 0.3) is 0 Å². The van der Waals surface area contributed by atoms with Gasteiger partial charge < -0.3 is 20.7 Å². The molecule has 3 rings (SSSR count). The number of rotatable bonds is 4. The number of hydrogen-bond acceptors (Lipinski definition) is 5. The molecule has 1 aromatic carbocycles. The molecular weight excluding hydrogens is 372 g/mol. The van der Waals surface area contributed by atoms with E-state index in [1.54, 1.807) is 25.2 Å². The van der Waals surface area contributed by atoms with E-state index in [2.05, 4.69) is 5.32 Å². The number of nitrogen functional groups attached to an aromatic ring is 1. The van der Waals surface area contributed by atoms with Crippen molar-refractivity contribution in [3.63, 3.8) is 0 Å². The van der Waals surface area contributed by atoms with Gasteiger partial charge in [-0.15, -0.1) is 12.4 Å². The lowest BCUT2D eigenvalue weighted by atomic mass is 9.81. The number of carbonyl (C=O) groups is 3. The Balaban J connectivity index is 0.00000261. The minimum Gasteiger partial charge on any atom is -0.495 e. The maximum absolute atomic E-state index is 12.9. The van der Waals surface area contributed by atoms with Crippen molar-refractivity contribution in [2.45, 2.75) is 37.6 Å². The van der Waals surface area contributed by atoms with Gasteiger partial charge in [0.05, 0.1) is 12.8 Å². The van der Waals surface area contributed by atoms with Crippen molar-refractivity contribution < 1.29 is 19.1 Å². The van der Waals surface area contributed by atoms with Crippen LogP contribution in [0.2, 0.25) is 0 Å². The summed E-state index contributed by atoms with van der Waals surface area (Å²) >= 11 is 0. The summed E-state index contributed by atoms with van der Waals surface area (Å²) in [7, 11) is 3.15. The van der Waals surface area contributed by atoms with Crippen LogP contribution in [0.1, 0.15) is 32.1 Å². The Morgan fingerprint density at radius 1 is 1.26 bits per heavy atom. The first kappa shape index (κ1) is 20.8. The van der Waals surface area contributed by atoms with E-state index in [0.717, 1.165) is 24.2 Å². The Bertz CT molecular complexity index is 749. The van der Waals surface area contributed by atoms with Gasteiger partial charge in [0.15, 0.2) is 0 Å². The van der Waals surface area contributed by atoms with Crippen molar-refractivity contribution in [3.8, 4) is 5.75 Å². The van der Waals surface area contributed by atoms with Gasteiger partial charge in [-0.3, -0.25) is 14.5 Å². The second-order valence-electron chi connectivity index (χ2n) is 6.83. The number of anilines is 2. The molecule has 2 aliphatic rings. The van der Waals surface area contributed by atoms with Gasteiger partial charge in [0.2, 0.25) is 5.91 Å². The minimum atomic E-state index is -0.778. The van der Waals surface area contributed by atoms with E-state index in [9.17, 15) is 14.4 Å². The minimum absolute atomic E-state index is 0. The average Bonchev–Trinajstić information content (AvgIpc) is 2.79. The molecule has 1 aliphatic carbocycles. The van der Waals surface area contributed by atoms with Crippen molar-refractivity contribution in [1.82, 2.24) is 9.80 Å². The maximum atomic E-state index is 12.9. The SMILES string of the molecule is COc1ccc(NC(=O)CN2C(=O)N(C)C3(CCCCC3)C2=O)cc1N.Cl. The van der Waals surface area contributed by atoms with Crippen molar-refractivity contribution in [2.75, 3.05) is 31.8 Å². The first-order valence-electron chi connectivity index (χ1n) is 8.72. The molecule has 1 saturated carbocycles. The van der Waals surface area contributed by atoms with Crippen LogP contribution in [-0.4, -0.2) is 53.9 Å². The van der Waals surface area contributed by atoms with Crippen LogP contribution in [0.3, 0.4) is 0 Å². The van der Waals surface area contributed by atoms with Gasteiger partial charge in [-0.2, -0.15) is 0 Å². The number of carbonyl (C=O) groups excluding carboxylic acids is 3. The van der Waals surface area contributed by atoms with Crippen LogP contribution in [0.15, 0.2) is 18.2 Å². The first-order chi connectivity index (χ1) is 12.4. The van der Waals surface area contributed by atoms with E-state index >= 15 is 0 Å². The predicted octanol–water partition coefficient (Wildman–Crippen LogP) is 2.23. The molecule has 0 atom stereocenters. The predicted molar refractivity (Wildman–Crippen MR) is 104 cm³/mol. The number of benzene rings is 1. The third-order valence-corrected chi connectivity index (χ3v) is 5.30. The zero-order valence-electron chi connectivity index (χ0n) is 15.5. The lowest BCUT2D eigenvalue weighted by Gasteiger charge is -2.35. The fraction of sp³-hybridized carbons (Fsp3) is 0.500. The first-order valence-corrected chi connectivity index (χ1v) is 8.72. The molecule has 8 nitrogen and oxygen atoms in total. The van der Waals surface area contributed by atoms with E-state index in [1.807, 2.05) is 0 Å². The Hall–Kier alpha value is -2.48. The number of imide groups is 1. The summed E-state index contributed by atoms with van der Waals surface area (Å²) in [4.78, 5) is 40.3. The van der Waals surface area contributed by atoms with Crippen LogP contribution >= 0.6 is 12.4 Å². The standard InChI is InChI=1S/C18H24N4O4.ClH/c1-21-17(25)22(16(24)18(21)8-4-3-5-9-18)11-15(23)20-12-6-7-14(26-2)13(19)10-12;/h6-7,10H,3-5,8-9,11,19H2,1-2H3,(H,20,23);1H. The highest BCUT2D eigenvalue weighted by atomic mass is 35.5. The van der Waals surface area contributed by atoms with E-state index in [4.69, 9.17) is 10.5 Å². The Labute approximate surface area is 164 Å². The number of hydrogen-bond donors (Lipinski definition) is 2. The molecule has 1 aromatic rings. The molecule has 0 bridgehead atoms. The van der Waals surface area contributed by atoms with Crippen molar-refractivity contribution in [2.24, 2.45) is 0 Å². The van der Waals surface area contributed by atoms with Crippen LogP contribution in [-0.2, 0) is 9.59 Å². The number of nitrogens with two attached hydrogens (primary N) is 1. The van der Waals surface area contributed by atoms with E-state index in [-0.39, 0.29) is 24.9 Å². The normalized spacial score (nSPS) is 18.4. The Kier molecular flexibility index (Phi) is 6.20. The van der Waals surface area contributed by atoms with Crippen molar-refractivity contribution in [3.05, 3.63) is 18.2 Å². The van der Waals surface area contributed by atoms with Gasteiger partial charge >= 0.3 is 6.03 Å². The number of methoxy groups -OCH3 is 1.